The number of nitrogens with zero attached hydrogens (tertiary/aromatic N) is 1. The third-order valence-electron chi connectivity index (χ3n) is 4.88. The molecule has 0 saturated carbocycles. The van der Waals surface area contributed by atoms with Gasteiger partial charge in [-0.25, -0.2) is 0 Å². The summed E-state index contributed by atoms with van der Waals surface area (Å²) in [6.45, 7) is 9.39. The molecule has 2 N–H and O–H groups in total. The highest BCUT2D eigenvalue weighted by atomic mass is 32.1. The van der Waals surface area contributed by atoms with E-state index in [4.69, 9.17) is 17.0 Å². The summed E-state index contributed by atoms with van der Waals surface area (Å²) in [5.41, 5.74) is 3.46. The molecule has 1 saturated heterocycles. The molecule has 0 amide bonds. The molecule has 1 unspecified atom stereocenters. The van der Waals surface area contributed by atoms with Crippen molar-refractivity contribution in [3.05, 3.63) is 54.1 Å². The molecule has 5 heteroatoms. The quantitative estimate of drug-likeness (QED) is 0.656. The van der Waals surface area contributed by atoms with Gasteiger partial charge in [0.1, 0.15) is 5.75 Å². The Morgan fingerprint density at radius 1 is 1.21 bits per heavy atom. The van der Waals surface area contributed by atoms with Crippen LogP contribution in [-0.2, 0) is 6.54 Å². The smallest absolute Gasteiger partial charge is 0.171 e. The lowest BCUT2D eigenvalue weighted by atomic mass is 9.99. The molecular formula is C23H31N3OS. The number of rotatable bonds is 6. The van der Waals surface area contributed by atoms with Gasteiger partial charge in [0.15, 0.2) is 5.11 Å². The minimum atomic E-state index is 0.149. The molecule has 0 aliphatic carbocycles. The number of thiocarbonyl (C=S) groups is 1. The molecular weight excluding hydrogens is 366 g/mol. The molecule has 2 aromatic carbocycles. The summed E-state index contributed by atoms with van der Waals surface area (Å²) in [4.78, 5) is 2.49. The molecule has 1 aliphatic rings. The zero-order valence-electron chi connectivity index (χ0n) is 17.1. The molecule has 4 nitrogen and oxygen atoms in total. The van der Waals surface area contributed by atoms with Crippen molar-refractivity contribution in [2.45, 2.75) is 46.3 Å². The van der Waals surface area contributed by atoms with Gasteiger partial charge in [0.05, 0.1) is 6.10 Å². The Bertz CT molecular complexity index is 776. The molecule has 1 fully saturated rings. The largest absolute Gasteiger partial charge is 0.491 e. The minimum Gasteiger partial charge on any atom is -0.491 e. The molecule has 28 heavy (non-hydrogen) atoms. The average Bonchev–Trinajstić information content (AvgIpc) is 2.66. The van der Waals surface area contributed by atoms with Crippen molar-refractivity contribution in [3.63, 3.8) is 0 Å². The van der Waals surface area contributed by atoms with Crippen molar-refractivity contribution in [1.82, 2.24) is 5.32 Å². The number of hydrogen-bond donors (Lipinski definition) is 2. The first-order valence-electron chi connectivity index (χ1n) is 10.1. The summed E-state index contributed by atoms with van der Waals surface area (Å²) in [5.74, 6) is 1.62. The lowest BCUT2D eigenvalue weighted by Crippen LogP contribution is -2.34. The van der Waals surface area contributed by atoms with E-state index in [2.05, 4.69) is 46.7 Å². The Morgan fingerprint density at radius 3 is 2.71 bits per heavy atom. The Balaban J connectivity index is 1.49. The predicted molar refractivity (Wildman–Crippen MR) is 122 cm³/mol. The molecule has 0 aromatic heterocycles. The predicted octanol–water partition coefficient (Wildman–Crippen LogP) is 5.20. The van der Waals surface area contributed by atoms with Crippen LogP contribution in [0.5, 0.6) is 5.75 Å². The minimum absolute atomic E-state index is 0.149. The Hall–Kier alpha value is -2.27. The van der Waals surface area contributed by atoms with E-state index in [1.165, 1.54) is 24.1 Å². The maximum absolute atomic E-state index is 5.73. The van der Waals surface area contributed by atoms with Gasteiger partial charge in [-0.15, -0.1) is 0 Å². The van der Waals surface area contributed by atoms with Crippen molar-refractivity contribution < 1.29 is 4.74 Å². The van der Waals surface area contributed by atoms with Gasteiger partial charge in [-0.05, 0) is 74.7 Å². The summed E-state index contributed by atoms with van der Waals surface area (Å²) >= 11 is 5.44. The third kappa shape index (κ3) is 6.13. The zero-order valence-corrected chi connectivity index (χ0v) is 17.9. The maximum Gasteiger partial charge on any atom is 0.171 e. The highest BCUT2D eigenvalue weighted by molar-refractivity contribution is 7.80. The fourth-order valence-corrected chi connectivity index (χ4v) is 3.72. The first-order valence-corrected chi connectivity index (χ1v) is 10.6. The van der Waals surface area contributed by atoms with Gasteiger partial charge in [-0.2, -0.15) is 0 Å². The highest BCUT2D eigenvalue weighted by Crippen LogP contribution is 2.23. The van der Waals surface area contributed by atoms with Crippen LogP contribution in [0.25, 0.3) is 0 Å². The second-order valence-corrected chi connectivity index (χ2v) is 8.27. The van der Waals surface area contributed by atoms with E-state index in [9.17, 15) is 0 Å². The van der Waals surface area contributed by atoms with Crippen LogP contribution in [0.3, 0.4) is 0 Å². The maximum atomic E-state index is 5.73. The molecule has 150 valence electrons. The van der Waals surface area contributed by atoms with Crippen molar-refractivity contribution in [1.29, 1.82) is 0 Å². The number of anilines is 2. The van der Waals surface area contributed by atoms with Gasteiger partial charge in [0, 0.05) is 37.1 Å². The topological polar surface area (TPSA) is 36.5 Å². The monoisotopic (exact) mass is 397 g/mol. The lowest BCUT2D eigenvalue weighted by Gasteiger charge is -2.32. The Labute approximate surface area is 174 Å². The summed E-state index contributed by atoms with van der Waals surface area (Å²) in [6, 6.07) is 16.7. The fraction of sp³-hybridized carbons (Fsp3) is 0.435. The molecule has 1 atom stereocenters. The SMILES string of the molecule is CC1CCCN(c2ccc(CNC(=S)Nc3cccc(OC(C)C)c3)cc2)C1. The summed E-state index contributed by atoms with van der Waals surface area (Å²) in [7, 11) is 0. The molecule has 0 bridgehead atoms. The van der Waals surface area contributed by atoms with Crippen LogP contribution in [-0.4, -0.2) is 24.3 Å². The molecule has 1 heterocycles. The summed E-state index contributed by atoms with van der Waals surface area (Å²) in [5, 5.41) is 7.11. The van der Waals surface area contributed by atoms with Crippen LogP contribution in [0.4, 0.5) is 11.4 Å². The van der Waals surface area contributed by atoms with Crippen LogP contribution in [0.1, 0.15) is 39.2 Å². The van der Waals surface area contributed by atoms with Gasteiger partial charge >= 0.3 is 0 Å². The number of benzene rings is 2. The van der Waals surface area contributed by atoms with E-state index < -0.39 is 0 Å². The molecule has 0 radical (unpaired) electrons. The summed E-state index contributed by atoms with van der Waals surface area (Å²) in [6.07, 6.45) is 2.78. The van der Waals surface area contributed by atoms with E-state index in [0.29, 0.717) is 11.7 Å². The van der Waals surface area contributed by atoms with Gasteiger partial charge in [-0.1, -0.05) is 25.1 Å². The Kier molecular flexibility index (Phi) is 7.15. The fourth-order valence-electron chi connectivity index (χ4n) is 3.53. The number of piperidine rings is 1. The standard InChI is InChI=1S/C23H31N3OS/c1-17(2)27-22-8-4-7-20(14-22)25-23(28)24-15-19-9-11-21(12-10-19)26-13-5-6-18(3)16-26/h4,7-12,14,17-18H,5-6,13,15-16H2,1-3H3,(H2,24,25,28). The van der Waals surface area contributed by atoms with E-state index in [1.54, 1.807) is 0 Å². The van der Waals surface area contributed by atoms with E-state index >= 15 is 0 Å². The molecule has 0 spiro atoms. The van der Waals surface area contributed by atoms with Crippen LogP contribution < -0.4 is 20.3 Å². The molecule has 2 aromatic rings. The van der Waals surface area contributed by atoms with Gasteiger partial charge in [0.2, 0.25) is 0 Å². The van der Waals surface area contributed by atoms with Gasteiger partial charge in [-0.3, -0.25) is 0 Å². The first-order chi connectivity index (χ1) is 13.5. The van der Waals surface area contributed by atoms with E-state index in [0.717, 1.165) is 30.4 Å². The van der Waals surface area contributed by atoms with Crippen molar-refractivity contribution >= 4 is 28.7 Å². The highest BCUT2D eigenvalue weighted by Gasteiger charge is 2.16. The zero-order chi connectivity index (χ0) is 19.9. The van der Waals surface area contributed by atoms with Crippen molar-refractivity contribution in [3.8, 4) is 5.75 Å². The van der Waals surface area contributed by atoms with Gasteiger partial charge in [0.25, 0.3) is 0 Å². The van der Waals surface area contributed by atoms with Gasteiger partial charge < -0.3 is 20.3 Å². The van der Waals surface area contributed by atoms with Crippen LogP contribution in [0, 0.1) is 5.92 Å². The van der Waals surface area contributed by atoms with Crippen LogP contribution >= 0.6 is 12.2 Å². The normalized spacial score (nSPS) is 16.7. The third-order valence-corrected chi connectivity index (χ3v) is 5.12. The van der Waals surface area contributed by atoms with Crippen LogP contribution in [0.2, 0.25) is 0 Å². The number of nitrogens with one attached hydrogen (secondary N) is 2. The Morgan fingerprint density at radius 2 is 2.00 bits per heavy atom. The van der Waals surface area contributed by atoms with Crippen molar-refractivity contribution in [2.24, 2.45) is 5.92 Å². The van der Waals surface area contributed by atoms with E-state index in [1.807, 2.05) is 38.1 Å². The first kappa shape index (κ1) is 20.5. The second-order valence-electron chi connectivity index (χ2n) is 7.86. The molecule has 1 aliphatic heterocycles. The van der Waals surface area contributed by atoms with E-state index in [-0.39, 0.29) is 6.10 Å². The number of hydrogen-bond acceptors (Lipinski definition) is 3. The van der Waals surface area contributed by atoms with Crippen molar-refractivity contribution in [2.75, 3.05) is 23.3 Å². The lowest BCUT2D eigenvalue weighted by molar-refractivity contribution is 0.242. The number of ether oxygens (including phenoxy) is 1. The second kappa shape index (κ2) is 9.78. The molecule has 3 rings (SSSR count). The van der Waals surface area contributed by atoms with Crippen LogP contribution in [0.15, 0.2) is 48.5 Å². The summed E-state index contributed by atoms with van der Waals surface area (Å²) < 4.78 is 5.73. The average molecular weight is 398 g/mol.